The fraction of sp³-hybridized carbons (Fsp3) is 0.667. The van der Waals surface area contributed by atoms with E-state index in [1.54, 1.807) is 13.0 Å². The van der Waals surface area contributed by atoms with Crippen LogP contribution in [0, 0.1) is 0 Å². The molecule has 0 aromatic heterocycles. The zero-order chi connectivity index (χ0) is 13.9. The molecule has 8 heteroatoms. The summed E-state index contributed by atoms with van der Waals surface area (Å²) in [4.78, 5) is 10.2. The molecule has 0 aromatic rings. The molecule has 0 unspecified atom stereocenters. The van der Waals surface area contributed by atoms with Crippen LogP contribution in [0.15, 0.2) is 11.6 Å². The van der Waals surface area contributed by atoms with Gasteiger partial charge in [-0.3, -0.25) is 8.37 Å². The van der Waals surface area contributed by atoms with E-state index in [0.29, 0.717) is 5.57 Å². The molecule has 0 fully saturated rings. The average molecular weight is 269 g/mol. The summed E-state index contributed by atoms with van der Waals surface area (Å²) in [5.41, 5.74) is 0.412. The van der Waals surface area contributed by atoms with Crippen LogP contribution < -0.4 is 5.32 Å². The van der Waals surface area contributed by atoms with E-state index in [0.717, 1.165) is 27.2 Å². The predicted molar refractivity (Wildman–Crippen MR) is 62.9 cm³/mol. The van der Waals surface area contributed by atoms with E-state index in [4.69, 9.17) is 5.11 Å². The molecule has 0 atom stereocenters. The second-order valence-corrected chi connectivity index (χ2v) is 4.31. The van der Waals surface area contributed by atoms with Crippen LogP contribution in [0.4, 0.5) is 0 Å². The largest absolute Gasteiger partial charge is 0.478 e. The van der Waals surface area contributed by atoms with Gasteiger partial charge in [-0.25, -0.2) is 4.79 Å². The lowest BCUT2D eigenvalue weighted by atomic mass is 10.2. The van der Waals surface area contributed by atoms with Crippen molar-refractivity contribution in [3.05, 3.63) is 11.6 Å². The van der Waals surface area contributed by atoms with Crippen molar-refractivity contribution >= 4 is 16.4 Å². The maximum absolute atomic E-state index is 10.2. The molecular formula is C9H19NO6S. The van der Waals surface area contributed by atoms with Crippen molar-refractivity contribution < 1.29 is 26.7 Å². The monoisotopic (exact) mass is 269 g/mol. The minimum Gasteiger partial charge on any atom is -0.478 e. The summed E-state index contributed by atoms with van der Waals surface area (Å²) in [5, 5.41) is 11.3. The van der Waals surface area contributed by atoms with Crippen LogP contribution in [-0.2, 0) is 23.6 Å². The Hall–Kier alpha value is -0.960. The standard InChI is InChI=1S/C7H13NO2.C2H6O4S/c1-6(7(9)10)4-3-5-8-2;1-5-7(3,4)6-2/h4,8H,3,5H2,1-2H3,(H,9,10);1-2H3. The van der Waals surface area contributed by atoms with Gasteiger partial charge < -0.3 is 10.4 Å². The summed E-state index contributed by atoms with van der Waals surface area (Å²) in [6.07, 6.45) is 2.48. The van der Waals surface area contributed by atoms with Crippen molar-refractivity contribution in [2.45, 2.75) is 13.3 Å². The summed E-state index contributed by atoms with van der Waals surface area (Å²) < 4.78 is 27.5. The van der Waals surface area contributed by atoms with Crippen LogP contribution in [0.3, 0.4) is 0 Å². The third-order valence-electron chi connectivity index (χ3n) is 1.59. The third kappa shape index (κ3) is 13.0. The highest BCUT2D eigenvalue weighted by molar-refractivity contribution is 7.81. The topological polar surface area (TPSA) is 102 Å². The number of carbonyl (C=O) groups is 1. The molecular weight excluding hydrogens is 250 g/mol. The molecule has 0 saturated carbocycles. The van der Waals surface area contributed by atoms with Crippen molar-refractivity contribution in [3.8, 4) is 0 Å². The summed E-state index contributed by atoms with van der Waals surface area (Å²) in [6, 6.07) is 0. The summed E-state index contributed by atoms with van der Waals surface area (Å²) in [7, 11) is 0.233. The SMILES string of the molecule is CNCCC=C(C)C(=O)O.COS(=O)(=O)OC. The van der Waals surface area contributed by atoms with Crippen LogP contribution in [0.2, 0.25) is 0 Å². The smallest absolute Gasteiger partial charge is 0.399 e. The Morgan fingerprint density at radius 2 is 1.82 bits per heavy atom. The molecule has 0 amide bonds. The molecule has 0 aromatic carbocycles. The normalized spacial score (nSPS) is 11.6. The Balaban J connectivity index is 0. The molecule has 0 aliphatic heterocycles. The first-order valence-corrected chi connectivity index (χ1v) is 6.04. The second-order valence-electron chi connectivity index (χ2n) is 2.83. The molecule has 0 aliphatic rings. The summed E-state index contributed by atoms with van der Waals surface area (Å²) in [6.45, 7) is 2.42. The highest BCUT2D eigenvalue weighted by atomic mass is 32.3. The predicted octanol–water partition coefficient (Wildman–Crippen LogP) is 0.151. The van der Waals surface area contributed by atoms with E-state index in [-0.39, 0.29) is 0 Å². The van der Waals surface area contributed by atoms with Crippen molar-refractivity contribution in [2.75, 3.05) is 27.8 Å². The minimum absolute atomic E-state index is 0.412. The zero-order valence-electron chi connectivity index (χ0n) is 10.4. The maximum Gasteiger partial charge on any atom is 0.399 e. The first kappa shape index (κ1) is 18.4. The van der Waals surface area contributed by atoms with E-state index in [1.807, 2.05) is 7.05 Å². The lowest BCUT2D eigenvalue weighted by Gasteiger charge is -1.93. The molecule has 0 radical (unpaired) electrons. The van der Waals surface area contributed by atoms with E-state index < -0.39 is 16.4 Å². The minimum atomic E-state index is -3.66. The van der Waals surface area contributed by atoms with Crippen LogP contribution >= 0.6 is 0 Å². The Morgan fingerprint density at radius 1 is 1.35 bits per heavy atom. The summed E-state index contributed by atoms with van der Waals surface area (Å²) >= 11 is 0. The number of carboxylic acid groups (broad SMARTS) is 1. The van der Waals surface area contributed by atoms with Gasteiger partial charge in [0.1, 0.15) is 0 Å². The fourth-order valence-electron chi connectivity index (χ4n) is 0.588. The molecule has 0 aliphatic carbocycles. The average Bonchev–Trinajstić information content (AvgIpc) is 2.30. The molecule has 7 nitrogen and oxygen atoms in total. The Morgan fingerprint density at radius 3 is 2.06 bits per heavy atom. The van der Waals surface area contributed by atoms with Gasteiger partial charge in [0.15, 0.2) is 0 Å². The van der Waals surface area contributed by atoms with Gasteiger partial charge in [-0.05, 0) is 26.9 Å². The van der Waals surface area contributed by atoms with Crippen LogP contribution in [0.5, 0.6) is 0 Å². The van der Waals surface area contributed by atoms with Gasteiger partial charge in [-0.2, -0.15) is 8.42 Å². The van der Waals surface area contributed by atoms with Crippen molar-refractivity contribution in [1.29, 1.82) is 0 Å². The molecule has 0 heterocycles. The van der Waals surface area contributed by atoms with Gasteiger partial charge in [0.2, 0.25) is 0 Å². The van der Waals surface area contributed by atoms with E-state index in [1.165, 1.54) is 0 Å². The summed E-state index contributed by atoms with van der Waals surface area (Å²) in [5.74, 6) is -0.837. The number of hydrogen-bond donors (Lipinski definition) is 2. The lowest BCUT2D eigenvalue weighted by molar-refractivity contribution is -0.132. The van der Waals surface area contributed by atoms with Crippen LogP contribution in [-0.4, -0.2) is 47.3 Å². The number of aliphatic carboxylic acids is 1. The Labute approximate surface area is 102 Å². The van der Waals surface area contributed by atoms with Gasteiger partial charge in [0.25, 0.3) is 0 Å². The quantitative estimate of drug-likeness (QED) is 0.522. The van der Waals surface area contributed by atoms with Gasteiger partial charge in [-0.1, -0.05) is 6.08 Å². The first-order valence-electron chi connectivity index (χ1n) is 4.71. The lowest BCUT2D eigenvalue weighted by Crippen LogP contribution is -2.06. The third-order valence-corrected chi connectivity index (χ3v) is 2.41. The highest BCUT2D eigenvalue weighted by Crippen LogP contribution is 1.93. The van der Waals surface area contributed by atoms with E-state index in [9.17, 15) is 13.2 Å². The van der Waals surface area contributed by atoms with Crippen LogP contribution in [0.1, 0.15) is 13.3 Å². The van der Waals surface area contributed by atoms with Crippen molar-refractivity contribution in [2.24, 2.45) is 0 Å². The van der Waals surface area contributed by atoms with Crippen molar-refractivity contribution in [1.82, 2.24) is 5.32 Å². The van der Waals surface area contributed by atoms with E-state index >= 15 is 0 Å². The highest BCUT2D eigenvalue weighted by Gasteiger charge is 2.01. The molecule has 0 rings (SSSR count). The van der Waals surface area contributed by atoms with E-state index in [2.05, 4.69) is 13.7 Å². The molecule has 0 saturated heterocycles. The Bertz CT molecular complexity index is 325. The number of carboxylic acids is 1. The van der Waals surface area contributed by atoms with Gasteiger partial charge in [-0.15, -0.1) is 0 Å². The first-order chi connectivity index (χ1) is 7.80. The molecule has 0 spiro atoms. The zero-order valence-corrected chi connectivity index (χ0v) is 11.2. The van der Waals surface area contributed by atoms with Gasteiger partial charge in [0.05, 0.1) is 14.2 Å². The Kier molecular flexibility index (Phi) is 11.1. The molecule has 0 bridgehead atoms. The molecule has 17 heavy (non-hydrogen) atoms. The number of rotatable bonds is 6. The van der Waals surface area contributed by atoms with Crippen LogP contribution in [0.25, 0.3) is 0 Å². The number of hydrogen-bond acceptors (Lipinski definition) is 6. The fourth-order valence-corrected chi connectivity index (χ4v) is 0.724. The maximum atomic E-state index is 10.2. The number of nitrogens with one attached hydrogen (secondary N) is 1. The molecule has 102 valence electrons. The second kappa shape index (κ2) is 10.2. The van der Waals surface area contributed by atoms with Crippen molar-refractivity contribution in [3.63, 3.8) is 0 Å². The molecule has 2 N–H and O–H groups in total. The van der Waals surface area contributed by atoms with Gasteiger partial charge >= 0.3 is 16.4 Å². The van der Waals surface area contributed by atoms with Gasteiger partial charge in [0, 0.05) is 5.57 Å².